The molecule has 3 rings (SSSR count). The molecule has 8 heteroatoms. The highest BCUT2D eigenvalue weighted by molar-refractivity contribution is 7.99. The molecule has 23 heavy (non-hydrogen) atoms. The van der Waals surface area contributed by atoms with Crippen LogP contribution in [0.5, 0.6) is 0 Å². The monoisotopic (exact) mass is 338 g/mol. The van der Waals surface area contributed by atoms with Gasteiger partial charge in [0.1, 0.15) is 10.8 Å². The maximum Gasteiger partial charge on any atom is 0.290 e. The predicted octanol–water partition coefficient (Wildman–Crippen LogP) is 3.82. The fourth-order valence-corrected chi connectivity index (χ4v) is 3.02. The topological polar surface area (TPSA) is 59.8 Å². The first kappa shape index (κ1) is 15.9. The zero-order chi connectivity index (χ0) is 16.4. The molecule has 0 spiro atoms. The Morgan fingerprint density at radius 2 is 2.17 bits per heavy atom. The summed E-state index contributed by atoms with van der Waals surface area (Å²) >= 11 is 0.264. The smallest absolute Gasteiger partial charge is 0.290 e. The molecule has 1 aliphatic carbocycles. The molecule has 1 N–H and O–H groups in total. The molecule has 1 aliphatic rings. The largest absolute Gasteiger partial charge is 0.307 e. The van der Waals surface area contributed by atoms with Gasteiger partial charge in [-0.1, -0.05) is 0 Å². The molecule has 1 amide bonds. The number of hydrogen-bond donors (Lipinski definition) is 1. The van der Waals surface area contributed by atoms with E-state index in [1.165, 1.54) is 12.3 Å². The third-order valence-corrected chi connectivity index (χ3v) is 4.55. The van der Waals surface area contributed by atoms with Gasteiger partial charge in [-0.25, -0.2) is 9.67 Å². The minimum Gasteiger partial charge on any atom is -0.307 e. The lowest BCUT2D eigenvalue weighted by atomic mass is 10.2. The Morgan fingerprint density at radius 1 is 1.39 bits per heavy atom. The van der Waals surface area contributed by atoms with Crippen LogP contribution < -0.4 is 5.32 Å². The molecule has 0 saturated heterocycles. The van der Waals surface area contributed by atoms with Crippen molar-refractivity contribution in [1.29, 1.82) is 0 Å². The number of hydrogen-bond acceptors (Lipinski definition) is 4. The van der Waals surface area contributed by atoms with Crippen molar-refractivity contribution in [3.8, 4) is 0 Å². The standard InChI is InChI=1S/C15H16F2N4OS/c1-9(10-4-5-10)21-12(6-8-19-21)20-13(22)11-3-2-7-18-14(11)23-15(16)17/h2-3,6-10,15H,4-5H2,1H3,(H,20,22)/t9-/m1/s1. The molecule has 1 saturated carbocycles. The first-order valence-corrected chi connectivity index (χ1v) is 8.19. The molecule has 0 aliphatic heterocycles. The van der Waals surface area contributed by atoms with E-state index in [0.29, 0.717) is 11.7 Å². The molecular formula is C15H16F2N4OS. The molecule has 2 heterocycles. The molecule has 2 aromatic heterocycles. The minimum atomic E-state index is -2.63. The highest BCUT2D eigenvalue weighted by Gasteiger charge is 2.31. The Kier molecular flexibility index (Phi) is 4.61. The summed E-state index contributed by atoms with van der Waals surface area (Å²) in [6.45, 7) is 2.06. The summed E-state index contributed by atoms with van der Waals surface area (Å²) in [5, 5.41) is 7.02. The van der Waals surface area contributed by atoms with E-state index in [4.69, 9.17) is 0 Å². The summed E-state index contributed by atoms with van der Waals surface area (Å²) in [4.78, 5) is 16.3. The van der Waals surface area contributed by atoms with Gasteiger partial charge in [-0.15, -0.1) is 0 Å². The van der Waals surface area contributed by atoms with Crippen molar-refractivity contribution in [3.05, 3.63) is 36.2 Å². The van der Waals surface area contributed by atoms with E-state index >= 15 is 0 Å². The van der Waals surface area contributed by atoms with Gasteiger partial charge in [0.05, 0.1) is 17.8 Å². The molecule has 0 aromatic carbocycles. The number of alkyl halides is 2. The van der Waals surface area contributed by atoms with Crippen molar-refractivity contribution < 1.29 is 13.6 Å². The SMILES string of the molecule is C[C@H](C1CC1)n1nccc1NC(=O)c1cccnc1SC(F)F. The number of amides is 1. The van der Waals surface area contributed by atoms with Crippen molar-refractivity contribution >= 4 is 23.5 Å². The van der Waals surface area contributed by atoms with Crippen molar-refractivity contribution in [2.45, 2.75) is 36.6 Å². The number of nitrogens with zero attached hydrogens (tertiary/aromatic N) is 3. The van der Waals surface area contributed by atoms with E-state index in [9.17, 15) is 13.6 Å². The van der Waals surface area contributed by atoms with Crippen molar-refractivity contribution in [2.75, 3.05) is 5.32 Å². The number of thioether (sulfide) groups is 1. The lowest BCUT2D eigenvalue weighted by Gasteiger charge is -2.15. The molecule has 1 atom stereocenters. The van der Waals surface area contributed by atoms with Crippen LogP contribution in [-0.4, -0.2) is 26.4 Å². The average molecular weight is 338 g/mol. The zero-order valence-corrected chi connectivity index (χ0v) is 13.3. The first-order valence-electron chi connectivity index (χ1n) is 7.31. The quantitative estimate of drug-likeness (QED) is 0.814. The number of carbonyl (C=O) groups excluding carboxylic acids is 1. The number of anilines is 1. The normalized spacial score (nSPS) is 15.7. The third kappa shape index (κ3) is 3.69. The van der Waals surface area contributed by atoms with Gasteiger partial charge < -0.3 is 5.32 Å². The van der Waals surface area contributed by atoms with Gasteiger partial charge in [0.15, 0.2) is 0 Å². The van der Waals surface area contributed by atoms with Gasteiger partial charge in [-0.05, 0) is 49.6 Å². The number of carbonyl (C=O) groups is 1. The Labute approximate surface area is 136 Å². The zero-order valence-electron chi connectivity index (χ0n) is 12.4. The van der Waals surface area contributed by atoms with Crippen LogP contribution >= 0.6 is 11.8 Å². The van der Waals surface area contributed by atoms with Crippen LogP contribution in [0.2, 0.25) is 0 Å². The maximum atomic E-state index is 12.6. The molecule has 122 valence electrons. The summed E-state index contributed by atoms with van der Waals surface area (Å²) in [5.74, 6) is -1.96. The summed E-state index contributed by atoms with van der Waals surface area (Å²) < 4.78 is 26.9. The van der Waals surface area contributed by atoms with Crippen LogP contribution in [0.15, 0.2) is 35.6 Å². The van der Waals surface area contributed by atoms with Gasteiger partial charge in [0.25, 0.3) is 11.7 Å². The molecule has 1 fully saturated rings. The van der Waals surface area contributed by atoms with Crippen molar-refractivity contribution in [3.63, 3.8) is 0 Å². The second kappa shape index (κ2) is 6.66. The molecule has 2 aromatic rings. The molecular weight excluding hydrogens is 322 g/mol. The molecule has 5 nitrogen and oxygen atoms in total. The second-order valence-corrected chi connectivity index (χ2v) is 6.41. The van der Waals surface area contributed by atoms with E-state index in [0.717, 1.165) is 12.8 Å². The van der Waals surface area contributed by atoms with Crippen molar-refractivity contribution in [1.82, 2.24) is 14.8 Å². The Hall–Kier alpha value is -1.96. The summed E-state index contributed by atoms with van der Waals surface area (Å²) in [6.07, 6.45) is 5.33. The molecule has 0 radical (unpaired) electrons. The summed E-state index contributed by atoms with van der Waals surface area (Å²) in [6, 6.07) is 4.93. The highest BCUT2D eigenvalue weighted by Crippen LogP contribution is 2.40. The maximum absolute atomic E-state index is 12.6. The van der Waals surface area contributed by atoms with E-state index < -0.39 is 11.7 Å². The van der Waals surface area contributed by atoms with Gasteiger partial charge in [0, 0.05) is 12.3 Å². The number of aromatic nitrogens is 3. The number of nitrogens with one attached hydrogen (secondary N) is 1. The van der Waals surface area contributed by atoms with Gasteiger partial charge >= 0.3 is 0 Å². The summed E-state index contributed by atoms with van der Waals surface area (Å²) in [5.41, 5.74) is 0.129. The fourth-order valence-electron chi connectivity index (χ4n) is 2.44. The third-order valence-electron chi connectivity index (χ3n) is 3.82. The van der Waals surface area contributed by atoms with Gasteiger partial charge in [-0.3, -0.25) is 4.79 Å². The predicted molar refractivity (Wildman–Crippen MR) is 83.7 cm³/mol. The first-order chi connectivity index (χ1) is 11.1. The lowest BCUT2D eigenvalue weighted by molar-refractivity contribution is 0.102. The lowest BCUT2D eigenvalue weighted by Crippen LogP contribution is -2.19. The van der Waals surface area contributed by atoms with Crippen LogP contribution in [-0.2, 0) is 0 Å². The van der Waals surface area contributed by atoms with E-state index in [-0.39, 0.29) is 28.4 Å². The summed E-state index contributed by atoms with van der Waals surface area (Å²) in [7, 11) is 0. The van der Waals surface area contributed by atoms with Gasteiger partial charge in [-0.2, -0.15) is 13.9 Å². The minimum absolute atomic E-state index is 0.0151. The number of halogens is 2. The Balaban J connectivity index is 1.79. The average Bonchev–Trinajstić information content (AvgIpc) is 3.26. The fraction of sp³-hybridized carbons (Fsp3) is 0.400. The Bertz CT molecular complexity index is 702. The van der Waals surface area contributed by atoms with Crippen LogP contribution in [0, 0.1) is 5.92 Å². The Morgan fingerprint density at radius 3 is 2.87 bits per heavy atom. The van der Waals surface area contributed by atoms with Gasteiger partial charge in [0.2, 0.25) is 0 Å². The van der Waals surface area contributed by atoms with E-state index in [1.54, 1.807) is 23.0 Å². The highest BCUT2D eigenvalue weighted by atomic mass is 32.2. The number of pyridine rings is 1. The van der Waals surface area contributed by atoms with Crippen molar-refractivity contribution in [2.24, 2.45) is 5.92 Å². The second-order valence-electron chi connectivity index (χ2n) is 5.43. The van der Waals surface area contributed by atoms with Crippen LogP contribution in [0.25, 0.3) is 0 Å². The number of rotatable bonds is 6. The van der Waals surface area contributed by atoms with E-state index in [2.05, 4.69) is 22.3 Å². The molecule has 0 unspecified atom stereocenters. The van der Waals surface area contributed by atoms with Crippen LogP contribution in [0.3, 0.4) is 0 Å². The van der Waals surface area contributed by atoms with E-state index in [1.807, 2.05) is 0 Å². The van der Waals surface area contributed by atoms with Crippen LogP contribution in [0.1, 0.15) is 36.2 Å². The van der Waals surface area contributed by atoms with Crippen LogP contribution in [0.4, 0.5) is 14.6 Å². The molecule has 0 bridgehead atoms.